The van der Waals surface area contributed by atoms with E-state index in [0.29, 0.717) is 0 Å². The quantitative estimate of drug-likeness (QED) is 0.627. The second-order valence-corrected chi connectivity index (χ2v) is 9.38. The van der Waals surface area contributed by atoms with Crippen LogP contribution in [0.4, 0.5) is 10.4 Å². The van der Waals surface area contributed by atoms with Gasteiger partial charge in [-0.2, -0.15) is 0 Å². The molecule has 0 aliphatic carbocycles. The van der Waals surface area contributed by atoms with Crippen molar-refractivity contribution in [2.75, 3.05) is 5.32 Å². The number of hydrogen-bond acceptors (Lipinski definition) is 6. The Morgan fingerprint density at radius 2 is 1.86 bits per heavy atom. The van der Waals surface area contributed by atoms with Crippen molar-refractivity contribution in [3.63, 3.8) is 0 Å². The summed E-state index contributed by atoms with van der Waals surface area (Å²) < 4.78 is 43.5. The Labute approximate surface area is 171 Å². The summed E-state index contributed by atoms with van der Waals surface area (Å²) >= 11 is 5.86. The third kappa shape index (κ3) is 4.63. The molecule has 0 radical (unpaired) electrons. The van der Waals surface area contributed by atoms with E-state index in [0.717, 1.165) is 11.6 Å². The average Bonchev–Trinajstić information content (AvgIpc) is 3.08. The van der Waals surface area contributed by atoms with Gasteiger partial charge in [-0.05, 0) is 43.7 Å². The van der Waals surface area contributed by atoms with Crippen LogP contribution in [0.1, 0.15) is 35.7 Å². The highest BCUT2D eigenvalue weighted by molar-refractivity contribution is 7.92. The zero-order chi connectivity index (χ0) is 21.2. The van der Waals surface area contributed by atoms with Crippen LogP contribution in [-0.4, -0.2) is 29.8 Å². The molecule has 0 saturated carbocycles. The Hall–Kier alpha value is -2.78. The number of sulfone groups is 1. The standard InChI is InChI=1S/C19H17ClFN3O4S/c1-11(2)29(26,27)13-8-6-12(7-9-13)10-16-23-24-19(28-16)22-18(25)17-14(20)4-3-5-15(17)21/h3-9,11H,10H2,1-2H3,(H,22,24,25). The summed E-state index contributed by atoms with van der Waals surface area (Å²) in [4.78, 5) is 12.4. The third-order valence-corrected chi connectivity index (χ3v) is 6.59. The van der Waals surface area contributed by atoms with Crippen LogP contribution < -0.4 is 5.32 Å². The third-order valence-electron chi connectivity index (χ3n) is 4.10. The maximum atomic E-state index is 13.8. The predicted molar refractivity (Wildman–Crippen MR) is 105 cm³/mol. The summed E-state index contributed by atoms with van der Waals surface area (Å²) in [5.41, 5.74) is 0.419. The van der Waals surface area contributed by atoms with E-state index in [-0.39, 0.29) is 33.8 Å². The molecule has 10 heteroatoms. The van der Waals surface area contributed by atoms with Gasteiger partial charge in [0.15, 0.2) is 9.84 Å². The van der Waals surface area contributed by atoms with Crippen LogP contribution in [0.15, 0.2) is 51.8 Å². The first-order valence-corrected chi connectivity index (χ1v) is 10.5. The highest BCUT2D eigenvalue weighted by Crippen LogP contribution is 2.21. The Balaban J connectivity index is 1.70. The molecule has 1 aromatic heterocycles. The van der Waals surface area contributed by atoms with Crippen molar-refractivity contribution in [1.82, 2.24) is 10.2 Å². The molecule has 7 nitrogen and oxygen atoms in total. The first kappa shape index (κ1) is 20.9. The van der Waals surface area contributed by atoms with Crippen LogP contribution in [0.2, 0.25) is 5.02 Å². The van der Waals surface area contributed by atoms with E-state index in [4.69, 9.17) is 16.0 Å². The number of benzene rings is 2. The lowest BCUT2D eigenvalue weighted by atomic mass is 10.1. The molecule has 0 aliphatic heterocycles. The average molecular weight is 438 g/mol. The number of rotatable bonds is 6. The summed E-state index contributed by atoms with van der Waals surface area (Å²) in [5.74, 6) is -1.39. The smallest absolute Gasteiger partial charge is 0.322 e. The fourth-order valence-electron chi connectivity index (χ4n) is 2.49. The van der Waals surface area contributed by atoms with Gasteiger partial charge in [0, 0.05) is 0 Å². The Kier molecular flexibility index (Phi) is 5.99. The van der Waals surface area contributed by atoms with Crippen molar-refractivity contribution < 1.29 is 22.0 Å². The van der Waals surface area contributed by atoms with Gasteiger partial charge < -0.3 is 4.42 Å². The molecule has 0 spiro atoms. The highest BCUT2D eigenvalue weighted by atomic mass is 35.5. The van der Waals surface area contributed by atoms with E-state index in [1.807, 2.05) is 0 Å². The van der Waals surface area contributed by atoms with Gasteiger partial charge in [-0.25, -0.2) is 12.8 Å². The normalized spacial score (nSPS) is 11.6. The number of aromatic nitrogens is 2. The lowest BCUT2D eigenvalue weighted by molar-refractivity contribution is 0.102. The molecule has 0 atom stereocenters. The van der Waals surface area contributed by atoms with Crippen LogP contribution in [0.3, 0.4) is 0 Å². The summed E-state index contributed by atoms with van der Waals surface area (Å²) in [6, 6.07) is 10.0. The van der Waals surface area contributed by atoms with Crippen LogP contribution >= 0.6 is 11.6 Å². The van der Waals surface area contributed by atoms with E-state index < -0.39 is 26.8 Å². The molecular formula is C19H17ClFN3O4S. The molecule has 1 heterocycles. The van der Waals surface area contributed by atoms with Gasteiger partial charge in [0.2, 0.25) is 5.89 Å². The molecule has 0 saturated heterocycles. The molecule has 2 aromatic carbocycles. The number of anilines is 1. The van der Waals surface area contributed by atoms with E-state index in [9.17, 15) is 17.6 Å². The minimum atomic E-state index is -3.35. The molecule has 29 heavy (non-hydrogen) atoms. The van der Waals surface area contributed by atoms with Crippen LogP contribution in [0.25, 0.3) is 0 Å². The second-order valence-electron chi connectivity index (χ2n) is 6.47. The first-order valence-electron chi connectivity index (χ1n) is 8.59. The van der Waals surface area contributed by atoms with Gasteiger partial charge in [-0.3, -0.25) is 10.1 Å². The van der Waals surface area contributed by atoms with Gasteiger partial charge >= 0.3 is 6.01 Å². The monoisotopic (exact) mass is 437 g/mol. The SMILES string of the molecule is CC(C)S(=O)(=O)c1ccc(Cc2nnc(NC(=O)c3c(F)cccc3Cl)o2)cc1. The summed E-state index contributed by atoms with van der Waals surface area (Å²) in [5, 5.41) is 9.28. The second kappa shape index (κ2) is 8.30. The summed E-state index contributed by atoms with van der Waals surface area (Å²) in [7, 11) is -3.35. The van der Waals surface area contributed by atoms with Crippen molar-refractivity contribution in [3.05, 3.63) is 70.3 Å². The Morgan fingerprint density at radius 1 is 1.17 bits per heavy atom. The number of nitrogens with one attached hydrogen (secondary N) is 1. The number of hydrogen-bond donors (Lipinski definition) is 1. The highest BCUT2D eigenvalue weighted by Gasteiger charge is 2.20. The fourth-order valence-corrected chi connectivity index (χ4v) is 3.80. The van der Waals surface area contributed by atoms with Gasteiger partial charge in [0.05, 0.1) is 27.2 Å². The number of nitrogens with zero attached hydrogens (tertiary/aromatic N) is 2. The van der Waals surface area contributed by atoms with Crippen LogP contribution in [0, 0.1) is 5.82 Å². The minimum absolute atomic E-state index is 0.0429. The maximum Gasteiger partial charge on any atom is 0.322 e. The lowest BCUT2D eigenvalue weighted by Gasteiger charge is -2.08. The maximum absolute atomic E-state index is 13.8. The summed E-state index contributed by atoms with van der Waals surface area (Å²) in [6.07, 6.45) is 0.228. The van der Waals surface area contributed by atoms with Crippen molar-refractivity contribution >= 4 is 33.4 Å². The van der Waals surface area contributed by atoms with E-state index in [1.54, 1.807) is 26.0 Å². The van der Waals surface area contributed by atoms with Crippen LogP contribution in [0.5, 0.6) is 0 Å². The van der Waals surface area contributed by atoms with Gasteiger partial charge in [0.25, 0.3) is 5.91 Å². The molecule has 0 unspecified atom stereocenters. The summed E-state index contributed by atoms with van der Waals surface area (Å²) in [6.45, 7) is 3.23. The Morgan fingerprint density at radius 3 is 2.48 bits per heavy atom. The van der Waals surface area contributed by atoms with Gasteiger partial charge in [0.1, 0.15) is 5.82 Å². The van der Waals surface area contributed by atoms with Crippen molar-refractivity contribution in [2.24, 2.45) is 0 Å². The molecule has 3 rings (SSSR count). The minimum Gasteiger partial charge on any atom is -0.407 e. The van der Waals surface area contributed by atoms with Crippen molar-refractivity contribution in [3.8, 4) is 0 Å². The topological polar surface area (TPSA) is 102 Å². The molecule has 0 aliphatic rings. The van der Waals surface area contributed by atoms with Gasteiger partial charge in [-0.1, -0.05) is 34.9 Å². The largest absolute Gasteiger partial charge is 0.407 e. The Bertz CT molecular complexity index is 1120. The first-order chi connectivity index (χ1) is 13.7. The van der Waals surface area contributed by atoms with Crippen molar-refractivity contribution in [2.45, 2.75) is 30.4 Å². The number of carbonyl (C=O) groups is 1. The molecule has 1 amide bonds. The van der Waals surface area contributed by atoms with Crippen LogP contribution in [-0.2, 0) is 16.3 Å². The molecule has 1 N–H and O–H groups in total. The molecule has 0 bridgehead atoms. The number of amides is 1. The molecule has 0 fully saturated rings. The van der Waals surface area contributed by atoms with E-state index >= 15 is 0 Å². The van der Waals surface area contributed by atoms with Crippen molar-refractivity contribution in [1.29, 1.82) is 0 Å². The zero-order valence-corrected chi connectivity index (χ0v) is 17.1. The molecule has 152 valence electrons. The molecule has 3 aromatic rings. The van der Waals surface area contributed by atoms with E-state index in [1.165, 1.54) is 24.3 Å². The van der Waals surface area contributed by atoms with Gasteiger partial charge in [-0.15, -0.1) is 5.10 Å². The van der Waals surface area contributed by atoms with E-state index in [2.05, 4.69) is 15.5 Å². The number of carbonyl (C=O) groups excluding carboxylic acids is 1. The fraction of sp³-hybridized carbons (Fsp3) is 0.211. The predicted octanol–water partition coefficient (Wildman–Crippen LogP) is 3.89. The number of halogens is 2. The zero-order valence-electron chi connectivity index (χ0n) is 15.5. The lowest BCUT2D eigenvalue weighted by Crippen LogP contribution is -2.14. The molecular weight excluding hydrogens is 421 g/mol.